The van der Waals surface area contributed by atoms with Crippen LogP contribution in [0.25, 0.3) is 22.2 Å². The average Bonchev–Trinajstić information content (AvgIpc) is 3.29. The zero-order chi connectivity index (χ0) is 21.3. The number of aryl methyl sites for hydroxylation is 4. The molecule has 0 amide bonds. The monoisotopic (exact) mass is 402 g/mol. The minimum atomic E-state index is -0.262. The minimum absolute atomic E-state index is 0.194. The molecule has 0 spiro atoms. The molecule has 6 heteroatoms. The Morgan fingerprint density at radius 2 is 1.93 bits per heavy atom. The van der Waals surface area contributed by atoms with Gasteiger partial charge in [-0.1, -0.05) is 35.9 Å². The number of ether oxygens (including phenoxy) is 1. The first-order valence-corrected chi connectivity index (χ1v) is 10.1. The van der Waals surface area contributed by atoms with Gasteiger partial charge in [0.1, 0.15) is 6.61 Å². The summed E-state index contributed by atoms with van der Waals surface area (Å²) in [6, 6.07) is 14.3. The predicted molar refractivity (Wildman–Crippen MR) is 117 cm³/mol. The topological polar surface area (TPSA) is 61.9 Å². The van der Waals surface area contributed by atoms with Gasteiger partial charge in [0.05, 0.1) is 29.5 Å². The molecule has 0 N–H and O–H groups in total. The van der Waals surface area contributed by atoms with Crippen molar-refractivity contribution < 1.29 is 9.53 Å². The maximum atomic E-state index is 12.5. The summed E-state index contributed by atoms with van der Waals surface area (Å²) in [6.07, 6.45) is 2.02. The van der Waals surface area contributed by atoms with E-state index in [9.17, 15) is 4.79 Å². The van der Waals surface area contributed by atoms with Crippen molar-refractivity contribution in [3.8, 4) is 11.3 Å². The van der Waals surface area contributed by atoms with E-state index in [-0.39, 0.29) is 19.0 Å². The molecule has 2 aromatic heterocycles. The van der Waals surface area contributed by atoms with E-state index in [4.69, 9.17) is 9.84 Å². The first-order valence-electron chi connectivity index (χ1n) is 10.1. The number of aromatic nitrogens is 4. The second kappa shape index (κ2) is 8.14. The molecule has 0 atom stereocenters. The number of hydrogen-bond donors (Lipinski definition) is 0. The van der Waals surface area contributed by atoms with Crippen molar-refractivity contribution in [2.75, 3.05) is 0 Å². The average molecular weight is 402 g/mol. The number of benzene rings is 2. The molecule has 154 valence electrons. The second-order valence-corrected chi connectivity index (χ2v) is 7.65. The maximum Gasteiger partial charge on any atom is 0.312 e. The highest BCUT2D eigenvalue weighted by Gasteiger charge is 2.15. The highest BCUT2D eigenvalue weighted by molar-refractivity contribution is 5.79. The van der Waals surface area contributed by atoms with Crippen LogP contribution in [0.2, 0.25) is 0 Å². The van der Waals surface area contributed by atoms with Gasteiger partial charge in [0.15, 0.2) is 0 Å². The Morgan fingerprint density at radius 1 is 1.10 bits per heavy atom. The minimum Gasteiger partial charge on any atom is -0.461 e. The molecule has 4 aromatic rings. The van der Waals surface area contributed by atoms with Crippen LogP contribution in [0.15, 0.2) is 48.7 Å². The van der Waals surface area contributed by atoms with E-state index in [1.54, 1.807) is 0 Å². The number of carbonyl (C=O) groups is 1. The van der Waals surface area contributed by atoms with Crippen molar-refractivity contribution in [2.24, 2.45) is 7.05 Å². The summed E-state index contributed by atoms with van der Waals surface area (Å²) in [5, 5.41) is 10.0. The molecule has 0 unspecified atom stereocenters. The third kappa shape index (κ3) is 3.99. The van der Waals surface area contributed by atoms with E-state index in [0.29, 0.717) is 6.54 Å². The maximum absolute atomic E-state index is 12.5. The number of rotatable bonds is 6. The summed E-state index contributed by atoms with van der Waals surface area (Å²) < 4.78 is 9.23. The standard InChI is InChI=1S/C24H26N4O2/c1-5-28-20(12-22(26-28)21-9-6-16(2)10-17(21)3)13-24(29)30-15-18-7-8-19-14-25-27(4)23(19)11-18/h6-12,14H,5,13,15H2,1-4H3. The van der Waals surface area contributed by atoms with E-state index in [0.717, 1.165) is 33.4 Å². The SMILES string of the molecule is CCn1nc(-c2ccc(C)cc2C)cc1CC(=O)OCc1ccc2cnn(C)c2c1. The summed E-state index contributed by atoms with van der Waals surface area (Å²) >= 11 is 0. The molecule has 4 rings (SSSR count). The largest absolute Gasteiger partial charge is 0.461 e. The lowest BCUT2D eigenvalue weighted by atomic mass is 10.0. The van der Waals surface area contributed by atoms with Gasteiger partial charge in [-0.15, -0.1) is 0 Å². The summed E-state index contributed by atoms with van der Waals surface area (Å²) in [5.41, 5.74) is 7.20. The van der Waals surface area contributed by atoms with Crippen molar-refractivity contribution in [2.45, 2.75) is 40.3 Å². The Bertz CT molecular complexity index is 1220. The first kappa shape index (κ1) is 19.9. The van der Waals surface area contributed by atoms with Gasteiger partial charge in [-0.05, 0) is 44.0 Å². The van der Waals surface area contributed by atoms with Gasteiger partial charge in [-0.2, -0.15) is 10.2 Å². The summed E-state index contributed by atoms with van der Waals surface area (Å²) in [6.45, 7) is 7.13. The quantitative estimate of drug-likeness (QED) is 0.450. The highest BCUT2D eigenvalue weighted by Crippen LogP contribution is 2.24. The van der Waals surface area contributed by atoms with Gasteiger partial charge < -0.3 is 4.74 Å². The fourth-order valence-electron chi connectivity index (χ4n) is 3.75. The van der Waals surface area contributed by atoms with Crippen molar-refractivity contribution in [3.63, 3.8) is 0 Å². The first-order chi connectivity index (χ1) is 14.4. The van der Waals surface area contributed by atoms with Crippen LogP contribution in [0.3, 0.4) is 0 Å². The number of carbonyl (C=O) groups excluding carboxylic acids is 1. The number of nitrogens with zero attached hydrogens (tertiary/aromatic N) is 4. The van der Waals surface area contributed by atoms with Gasteiger partial charge in [0, 0.05) is 24.5 Å². The predicted octanol–water partition coefficient (Wildman–Crippen LogP) is 4.36. The molecular formula is C24H26N4O2. The fraction of sp³-hybridized carbons (Fsp3) is 0.292. The number of fused-ring (bicyclic) bond motifs is 1. The summed E-state index contributed by atoms with van der Waals surface area (Å²) in [7, 11) is 1.90. The molecule has 2 aromatic carbocycles. The molecule has 0 aliphatic rings. The van der Waals surface area contributed by atoms with Crippen LogP contribution in [0.5, 0.6) is 0 Å². The van der Waals surface area contributed by atoms with Crippen molar-refractivity contribution >= 4 is 16.9 Å². The third-order valence-electron chi connectivity index (χ3n) is 5.36. The van der Waals surface area contributed by atoms with Crippen molar-refractivity contribution in [1.82, 2.24) is 19.6 Å². The summed E-state index contributed by atoms with van der Waals surface area (Å²) in [4.78, 5) is 12.5. The smallest absolute Gasteiger partial charge is 0.312 e. The number of esters is 1. The molecule has 0 saturated carbocycles. The van der Waals surface area contributed by atoms with Crippen molar-refractivity contribution in [3.05, 3.63) is 71.0 Å². The van der Waals surface area contributed by atoms with Gasteiger partial charge in [0.2, 0.25) is 0 Å². The van der Waals surface area contributed by atoms with Crippen LogP contribution in [-0.4, -0.2) is 25.5 Å². The Morgan fingerprint density at radius 3 is 2.70 bits per heavy atom. The van der Waals surface area contributed by atoms with E-state index in [1.807, 2.05) is 53.8 Å². The van der Waals surface area contributed by atoms with E-state index >= 15 is 0 Å². The van der Waals surface area contributed by atoms with E-state index in [2.05, 4.69) is 37.1 Å². The van der Waals surface area contributed by atoms with Crippen LogP contribution in [0.1, 0.15) is 29.3 Å². The molecule has 0 bridgehead atoms. The van der Waals surface area contributed by atoms with Crippen LogP contribution in [0.4, 0.5) is 0 Å². The molecule has 0 radical (unpaired) electrons. The molecule has 30 heavy (non-hydrogen) atoms. The Balaban J connectivity index is 1.47. The third-order valence-corrected chi connectivity index (χ3v) is 5.36. The normalized spacial score (nSPS) is 11.2. The fourth-order valence-corrected chi connectivity index (χ4v) is 3.75. The van der Waals surface area contributed by atoms with Crippen LogP contribution in [-0.2, 0) is 36.2 Å². The van der Waals surface area contributed by atoms with Gasteiger partial charge in [-0.25, -0.2) is 0 Å². The van der Waals surface area contributed by atoms with Crippen LogP contribution >= 0.6 is 0 Å². The van der Waals surface area contributed by atoms with Crippen molar-refractivity contribution in [1.29, 1.82) is 0 Å². The summed E-state index contributed by atoms with van der Waals surface area (Å²) in [5.74, 6) is -0.262. The van der Waals surface area contributed by atoms with E-state index < -0.39 is 0 Å². The van der Waals surface area contributed by atoms with E-state index in [1.165, 1.54) is 11.1 Å². The number of hydrogen-bond acceptors (Lipinski definition) is 4. The lowest BCUT2D eigenvalue weighted by Crippen LogP contribution is -2.12. The molecule has 2 heterocycles. The molecule has 0 aliphatic carbocycles. The zero-order valence-electron chi connectivity index (χ0n) is 17.8. The zero-order valence-corrected chi connectivity index (χ0v) is 17.8. The Hall–Kier alpha value is -3.41. The van der Waals surface area contributed by atoms with Crippen LogP contribution in [0, 0.1) is 13.8 Å². The Kier molecular flexibility index (Phi) is 5.40. The van der Waals surface area contributed by atoms with Gasteiger partial charge in [0.25, 0.3) is 0 Å². The molecule has 0 fully saturated rings. The Labute approximate surface area is 176 Å². The van der Waals surface area contributed by atoms with Gasteiger partial charge in [-0.3, -0.25) is 14.2 Å². The molecule has 6 nitrogen and oxygen atoms in total. The highest BCUT2D eigenvalue weighted by atomic mass is 16.5. The molecule has 0 saturated heterocycles. The molecule has 0 aliphatic heterocycles. The lowest BCUT2D eigenvalue weighted by molar-refractivity contribution is -0.144. The second-order valence-electron chi connectivity index (χ2n) is 7.65. The molecular weight excluding hydrogens is 376 g/mol. The van der Waals surface area contributed by atoms with Crippen LogP contribution < -0.4 is 0 Å². The lowest BCUT2D eigenvalue weighted by Gasteiger charge is -2.07. The van der Waals surface area contributed by atoms with Gasteiger partial charge >= 0.3 is 5.97 Å².